The van der Waals surface area contributed by atoms with E-state index < -0.39 is 0 Å². The quantitative estimate of drug-likeness (QED) is 0.817. The number of nitrogens with zero attached hydrogens (tertiary/aromatic N) is 1. The highest BCUT2D eigenvalue weighted by atomic mass is 16.5. The fourth-order valence-electron chi connectivity index (χ4n) is 3.52. The van der Waals surface area contributed by atoms with Gasteiger partial charge in [-0.1, -0.05) is 6.42 Å². The van der Waals surface area contributed by atoms with Crippen molar-refractivity contribution < 1.29 is 9.47 Å². The Hall–Kier alpha value is -1.26. The highest BCUT2D eigenvalue weighted by molar-refractivity contribution is 5.47. The number of fused-ring (bicyclic) bond motifs is 1. The van der Waals surface area contributed by atoms with Crippen molar-refractivity contribution in [1.29, 1.82) is 0 Å². The van der Waals surface area contributed by atoms with Crippen LogP contribution in [-0.2, 0) is 4.74 Å². The third-order valence-electron chi connectivity index (χ3n) is 4.62. The third-order valence-corrected chi connectivity index (χ3v) is 4.62. The molecule has 1 aromatic carbocycles. The van der Waals surface area contributed by atoms with Crippen LogP contribution in [0, 0.1) is 0 Å². The van der Waals surface area contributed by atoms with Gasteiger partial charge in [0.15, 0.2) is 0 Å². The molecule has 2 aliphatic heterocycles. The van der Waals surface area contributed by atoms with Crippen LogP contribution in [0.1, 0.15) is 25.7 Å². The average molecular weight is 290 g/mol. The van der Waals surface area contributed by atoms with Crippen LogP contribution in [0.3, 0.4) is 0 Å². The summed E-state index contributed by atoms with van der Waals surface area (Å²) < 4.78 is 10.6. The van der Waals surface area contributed by atoms with Crippen molar-refractivity contribution >= 4 is 5.69 Å². The zero-order chi connectivity index (χ0) is 14.5. The summed E-state index contributed by atoms with van der Waals surface area (Å²) >= 11 is 0. The van der Waals surface area contributed by atoms with Crippen LogP contribution in [-0.4, -0.2) is 50.4 Å². The van der Waals surface area contributed by atoms with Gasteiger partial charge in [0.2, 0.25) is 0 Å². The molecule has 2 unspecified atom stereocenters. The van der Waals surface area contributed by atoms with Gasteiger partial charge in [0.1, 0.15) is 12.4 Å². The minimum absolute atomic E-state index is 0.600. The molecule has 3 rings (SSSR count). The summed E-state index contributed by atoms with van der Waals surface area (Å²) in [5, 5.41) is 3.71. The Labute approximate surface area is 127 Å². The molecule has 2 heterocycles. The molecule has 2 atom stereocenters. The second-order valence-electron chi connectivity index (χ2n) is 6.00. The van der Waals surface area contributed by atoms with Gasteiger partial charge < -0.3 is 14.8 Å². The smallest absolute Gasteiger partial charge is 0.119 e. The molecular weight excluding hydrogens is 264 g/mol. The Bertz CT molecular complexity index is 435. The lowest BCUT2D eigenvalue weighted by Crippen LogP contribution is -2.41. The van der Waals surface area contributed by atoms with E-state index in [1.54, 1.807) is 7.11 Å². The Morgan fingerprint density at radius 2 is 1.95 bits per heavy atom. The van der Waals surface area contributed by atoms with E-state index in [0.29, 0.717) is 19.3 Å². The molecule has 0 spiro atoms. The Balaban J connectivity index is 1.53. The molecule has 0 aliphatic carbocycles. The molecule has 0 amide bonds. The lowest BCUT2D eigenvalue weighted by molar-refractivity contribution is 0.146. The van der Waals surface area contributed by atoms with Crippen LogP contribution in [0.2, 0.25) is 0 Å². The molecule has 1 N–H and O–H groups in total. The maximum atomic E-state index is 5.60. The molecule has 0 aromatic heterocycles. The van der Waals surface area contributed by atoms with Crippen LogP contribution >= 0.6 is 0 Å². The van der Waals surface area contributed by atoms with E-state index in [4.69, 9.17) is 9.47 Å². The number of piperidine rings is 1. The first-order valence-electron chi connectivity index (χ1n) is 8.09. The molecule has 0 radical (unpaired) electrons. The van der Waals surface area contributed by atoms with Crippen molar-refractivity contribution in [2.24, 2.45) is 0 Å². The van der Waals surface area contributed by atoms with Crippen LogP contribution in [0.5, 0.6) is 5.75 Å². The molecule has 0 bridgehead atoms. The lowest BCUT2D eigenvalue weighted by Gasteiger charge is -2.33. The molecule has 4 heteroatoms. The molecule has 2 saturated heterocycles. The van der Waals surface area contributed by atoms with Crippen LogP contribution in [0.15, 0.2) is 24.3 Å². The summed E-state index contributed by atoms with van der Waals surface area (Å²) in [7, 11) is 1.69. The summed E-state index contributed by atoms with van der Waals surface area (Å²) in [6.45, 7) is 3.76. The van der Waals surface area contributed by atoms with E-state index in [1.165, 1.54) is 44.5 Å². The molecule has 4 nitrogen and oxygen atoms in total. The zero-order valence-electron chi connectivity index (χ0n) is 12.9. The summed E-state index contributed by atoms with van der Waals surface area (Å²) in [6, 6.07) is 9.64. The van der Waals surface area contributed by atoms with Crippen molar-refractivity contribution in [3.05, 3.63) is 24.3 Å². The first-order valence-corrected chi connectivity index (χ1v) is 8.09. The van der Waals surface area contributed by atoms with Crippen molar-refractivity contribution in [3.8, 4) is 5.75 Å². The van der Waals surface area contributed by atoms with Gasteiger partial charge in [0.05, 0.1) is 6.61 Å². The fourth-order valence-corrected chi connectivity index (χ4v) is 3.52. The standard InChI is InChI=1S/C17H26N2O2/c1-20-12-13-21-15-7-5-14(6-8-15)18-16-9-11-19-10-3-2-4-17(16)19/h5-8,16-18H,2-4,9-13H2,1H3. The summed E-state index contributed by atoms with van der Waals surface area (Å²) in [5.74, 6) is 0.906. The monoisotopic (exact) mass is 290 g/mol. The first kappa shape index (κ1) is 14.7. The number of anilines is 1. The highest BCUT2D eigenvalue weighted by Crippen LogP contribution is 2.29. The number of methoxy groups -OCH3 is 1. The van der Waals surface area contributed by atoms with Crippen LogP contribution < -0.4 is 10.1 Å². The summed E-state index contributed by atoms with van der Waals surface area (Å²) in [6.07, 6.45) is 5.36. The maximum Gasteiger partial charge on any atom is 0.119 e. The minimum Gasteiger partial charge on any atom is -0.491 e. The summed E-state index contributed by atoms with van der Waals surface area (Å²) in [4.78, 5) is 2.66. The molecule has 2 fully saturated rings. The van der Waals surface area contributed by atoms with Gasteiger partial charge in [-0.3, -0.25) is 4.90 Å². The van der Waals surface area contributed by atoms with E-state index in [-0.39, 0.29) is 0 Å². The van der Waals surface area contributed by atoms with Crippen LogP contribution in [0.4, 0.5) is 5.69 Å². The molecule has 2 aliphatic rings. The maximum absolute atomic E-state index is 5.60. The topological polar surface area (TPSA) is 33.7 Å². The molecule has 0 saturated carbocycles. The van der Waals surface area contributed by atoms with Gasteiger partial charge in [-0.2, -0.15) is 0 Å². The Morgan fingerprint density at radius 1 is 1.10 bits per heavy atom. The van der Waals surface area contributed by atoms with Crippen molar-refractivity contribution in [3.63, 3.8) is 0 Å². The minimum atomic E-state index is 0.600. The average Bonchev–Trinajstić information content (AvgIpc) is 2.93. The Kier molecular flexibility index (Phi) is 4.99. The highest BCUT2D eigenvalue weighted by Gasteiger charge is 2.35. The number of ether oxygens (including phenoxy) is 2. The molecular formula is C17H26N2O2. The number of hydrogen-bond acceptors (Lipinski definition) is 4. The predicted molar refractivity (Wildman–Crippen MR) is 85.1 cm³/mol. The Morgan fingerprint density at radius 3 is 2.76 bits per heavy atom. The number of benzene rings is 1. The van der Waals surface area contributed by atoms with E-state index in [1.807, 2.05) is 12.1 Å². The molecule has 1 aromatic rings. The largest absolute Gasteiger partial charge is 0.491 e. The van der Waals surface area contributed by atoms with Crippen molar-refractivity contribution in [1.82, 2.24) is 4.90 Å². The summed E-state index contributed by atoms with van der Waals surface area (Å²) in [5.41, 5.74) is 1.20. The first-order chi connectivity index (χ1) is 10.4. The van der Waals surface area contributed by atoms with E-state index in [2.05, 4.69) is 22.3 Å². The predicted octanol–water partition coefficient (Wildman–Crippen LogP) is 2.75. The SMILES string of the molecule is COCCOc1ccc(NC2CCN3CCCCC23)cc1. The molecule has 116 valence electrons. The van der Waals surface area contributed by atoms with Gasteiger partial charge in [-0.25, -0.2) is 0 Å². The number of rotatable bonds is 6. The lowest BCUT2D eigenvalue weighted by atomic mass is 9.99. The zero-order valence-corrected chi connectivity index (χ0v) is 12.9. The van der Waals surface area contributed by atoms with Gasteiger partial charge in [-0.05, 0) is 50.1 Å². The van der Waals surface area contributed by atoms with Crippen molar-refractivity contribution in [2.75, 3.05) is 38.7 Å². The van der Waals surface area contributed by atoms with E-state index in [0.717, 1.165) is 11.8 Å². The van der Waals surface area contributed by atoms with Crippen molar-refractivity contribution in [2.45, 2.75) is 37.8 Å². The fraction of sp³-hybridized carbons (Fsp3) is 0.647. The second-order valence-corrected chi connectivity index (χ2v) is 6.00. The van der Waals surface area contributed by atoms with Gasteiger partial charge in [0.25, 0.3) is 0 Å². The second kappa shape index (κ2) is 7.14. The van der Waals surface area contributed by atoms with Gasteiger partial charge >= 0.3 is 0 Å². The van der Waals surface area contributed by atoms with E-state index in [9.17, 15) is 0 Å². The van der Waals surface area contributed by atoms with Crippen LogP contribution in [0.25, 0.3) is 0 Å². The van der Waals surface area contributed by atoms with Gasteiger partial charge in [-0.15, -0.1) is 0 Å². The normalized spacial score (nSPS) is 25.6. The molecule has 21 heavy (non-hydrogen) atoms. The third kappa shape index (κ3) is 3.69. The number of nitrogens with one attached hydrogen (secondary N) is 1. The number of hydrogen-bond donors (Lipinski definition) is 1. The van der Waals surface area contributed by atoms with Gasteiger partial charge in [0, 0.05) is 31.4 Å². The van der Waals surface area contributed by atoms with E-state index >= 15 is 0 Å².